The van der Waals surface area contributed by atoms with Gasteiger partial charge in [0.1, 0.15) is 0 Å². The van der Waals surface area contributed by atoms with Gasteiger partial charge in [0.15, 0.2) is 11.6 Å². The molecular weight excluding hydrogens is 257 g/mol. The van der Waals surface area contributed by atoms with Crippen molar-refractivity contribution in [1.82, 2.24) is 5.32 Å². The van der Waals surface area contributed by atoms with Crippen LogP contribution in [0.1, 0.15) is 38.7 Å². The first kappa shape index (κ1) is 15.3. The molecule has 2 unspecified atom stereocenters. The van der Waals surface area contributed by atoms with E-state index < -0.39 is 5.60 Å². The normalized spacial score (nSPS) is 26.5. The Morgan fingerprint density at radius 1 is 1.50 bits per heavy atom. The van der Waals surface area contributed by atoms with E-state index in [0.29, 0.717) is 12.6 Å². The SMILES string of the molecule is CCCNC1CCOC(C)(c2ccc(OC)c(F)c2)C1. The van der Waals surface area contributed by atoms with Gasteiger partial charge in [-0.2, -0.15) is 0 Å². The van der Waals surface area contributed by atoms with E-state index in [1.807, 2.05) is 13.0 Å². The average Bonchev–Trinajstić information content (AvgIpc) is 2.45. The maximum atomic E-state index is 13.9. The Kier molecular flexibility index (Phi) is 5.00. The van der Waals surface area contributed by atoms with Crippen LogP contribution in [0.3, 0.4) is 0 Å². The maximum absolute atomic E-state index is 13.9. The lowest BCUT2D eigenvalue weighted by atomic mass is 9.85. The number of hydrogen-bond acceptors (Lipinski definition) is 3. The molecule has 3 nitrogen and oxygen atoms in total. The molecule has 2 rings (SSSR count). The van der Waals surface area contributed by atoms with Gasteiger partial charge in [-0.15, -0.1) is 0 Å². The van der Waals surface area contributed by atoms with Crippen LogP contribution in [0.5, 0.6) is 5.75 Å². The molecule has 1 aliphatic heterocycles. The first-order valence-corrected chi connectivity index (χ1v) is 7.30. The van der Waals surface area contributed by atoms with Gasteiger partial charge in [0.25, 0.3) is 0 Å². The molecule has 0 spiro atoms. The summed E-state index contributed by atoms with van der Waals surface area (Å²) < 4.78 is 24.8. The van der Waals surface area contributed by atoms with Crippen molar-refractivity contribution in [2.45, 2.75) is 44.8 Å². The lowest BCUT2D eigenvalue weighted by Crippen LogP contribution is -2.44. The highest BCUT2D eigenvalue weighted by atomic mass is 19.1. The zero-order valence-electron chi connectivity index (χ0n) is 12.5. The van der Waals surface area contributed by atoms with Crippen molar-refractivity contribution in [1.29, 1.82) is 0 Å². The minimum absolute atomic E-state index is 0.272. The number of methoxy groups -OCH3 is 1. The highest BCUT2D eigenvalue weighted by Crippen LogP contribution is 2.36. The average molecular weight is 281 g/mol. The Hall–Kier alpha value is -1.13. The first-order chi connectivity index (χ1) is 9.59. The van der Waals surface area contributed by atoms with Crippen LogP contribution in [0, 0.1) is 5.82 Å². The summed E-state index contributed by atoms with van der Waals surface area (Å²) in [5.74, 6) is -0.0627. The lowest BCUT2D eigenvalue weighted by Gasteiger charge is -2.39. The molecule has 4 heteroatoms. The Morgan fingerprint density at radius 3 is 2.95 bits per heavy atom. The van der Waals surface area contributed by atoms with E-state index in [2.05, 4.69) is 12.2 Å². The number of halogens is 1. The van der Waals surface area contributed by atoms with Gasteiger partial charge < -0.3 is 14.8 Å². The molecule has 0 radical (unpaired) electrons. The minimum atomic E-state index is -0.434. The molecule has 20 heavy (non-hydrogen) atoms. The standard InChI is InChI=1S/C16H24FNO2/c1-4-8-18-13-7-9-20-16(2,11-13)12-5-6-15(19-3)14(17)10-12/h5-6,10,13,18H,4,7-9,11H2,1-3H3. The van der Waals surface area contributed by atoms with Gasteiger partial charge >= 0.3 is 0 Å². The number of nitrogens with one attached hydrogen (secondary N) is 1. The second-order valence-electron chi connectivity index (χ2n) is 5.57. The van der Waals surface area contributed by atoms with Crippen LogP contribution in [0.25, 0.3) is 0 Å². The quantitative estimate of drug-likeness (QED) is 0.899. The van der Waals surface area contributed by atoms with Crippen LogP contribution in [-0.2, 0) is 10.3 Å². The Bertz CT molecular complexity index is 452. The molecule has 1 aromatic rings. The van der Waals surface area contributed by atoms with E-state index in [1.54, 1.807) is 6.07 Å². The third-order valence-electron chi connectivity index (χ3n) is 3.97. The smallest absolute Gasteiger partial charge is 0.165 e. The summed E-state index contributed by atoms with van der Waals surface area (Å²) in [6.45, 7) is 5.90. The second kappa shape index (κ2) is 6.55. The Morgan fingerprint density at radius 2 is 2.30 bits per heavy atom. The van der Waals surface area contributed by atoms with Crippen LogP contribution in [0.15, 0.2) is 18.2 Å². The predicted molar refractivity (Wildman–Crippen MR) is 77.6 cm³/mol. The van der Waals surface area contributed by atoms with Gasteiger partial charge in [0.2, 0.25) is 0 Å². The fraction of sp³-hybridized carbons (Fsp3) is 0.625. The summed E-state index contributed by atoms with van der Waals surface area (Å²) in [5.41, 5.74) is 0.440. The second-order valence-corrected chi connectivity index (χ2v) is 5.57. The summed E-state index contributed by atoms with van der Waals surface area (Å²) in [4.78, 5) is 0. The van der Waals surface area contributed by atoms with Crippen LogP contribution in [0.4, 0.5) is 4.39 Å². The zero-order chi connectivity index (χ0) is 14.6. The topological polar surface area (TPSA) is 30.5 Å². The molecule has 1 aromatic carbocycles. The first-order valence-electron chi connectivity index (χ1n) is 7.30. The van der Waals surface area contributed by atoms with Crippen molar-refractivity contribution < 1.29 is 13.9 Å². The molecule has 1 N–H and O–H groups in total. The molecule has 1 saturated heterocycles. The number of rotatable bonds is 5. The summed E-state index contributed by atoms with van der Waals surface area (Å²) in [5, 5.41) is 3.53. The zero-order valence-corrected chi connectivity index (χ0v) is 12.5. The van der Waals surface area contributed by atoms with E-state index in [-0.39, 0.29) is 11.6 Å². The largest absolute Gasteiger partial charge is 0.494 e. The van der Waals surface area contributed by atoms with Gasteiger partial charge in [-0.1, -0.05) is 13.0 Å². The predicted octanol–water partition coefficient (Wildman–Crippen LogP) is 3.23. The Balaban J connectivity index is 2.14. The van der Waals surface area contributed by atoms with Gasteiger partial charge in [-0.05, 0) is 50.4 Å². The lowest BCUT2D eigenvalue weighted by molar-refractivity contribution is -0.0813. The fourth-order valence-electron chi connectivity index (χ4n) is 2.78. The van der Waals surface area contributed by atoms with Crippen molar-refractivity contribution in [2.75, 3.05) is 20.3 Å². The van der Waals surface area contributed by atoms with Crippen molar-refractivity contribution >= 4 is 0 Å². The highest BCUT2D eigenvalue weighted by Gasteiger charge is 2.35. The molecule has 0 aliphatic carbocycles. The molecule has 0 saturated carbocycles. The maximum Gasteiger partial charge on any atom is 0.165 e. The molecule has 1 aliphatic rings. The third kappa shape index (κ3) is 3.30. The molecule has 1 fully saturated rings. The molecule has 0 bridgehead atoms. The molecule has 112 valence electrons. The summed E-state index contributed by atoms with van der Waals surface area (Å²) >= 11 is 0. The molecular formula is C16H24FNO2. The Labute approximate surface area is 120 Å². The fourth-order valence-corrected chi connectivity index (χ4v) is 2.78. The van der Waals surface area contributed by atoms with Crippen LogP contribution in [0.2, 0.25) is 0 Å². The summed E-state index contributed by atoms with van der Waals surface area (Å²) in [6, 6.07) is 5.52. The van der Waals surface area contributed by atoms with Crippen LogP contribution < -0.4 is 10.1 Å². The number of benzene rings is 1. The molecule has 0 amide bonds. The van der Waals surface area contributed by atoms with Crippen molar-refractivity contribution in [3.8, 4) is 5.75 Å². The highest BCUT2D eigenvalue weighted by molar-refractivity contribution is 5.32. The van der Waals surface area contributed by atoms with Gasteiger partial charge in [-0.3, -0.25) is 0 Å². The number of ether oxygens (including phenoxy) is 2. The van der Waals surface area contributed by atoms with Crippen LogP contribution >= 0.6 is 0 Å². The van der Waals surface area contributed by atoms with Crippen molar-refractivity contribution in [2.24, 2.45) is 0 Å². The molecule has 0 aromatic heterocycles. The van der Waals surface area contributed by atoms with Gasteiger partial charge in [0.05, 0.1) is 12.7 Å². The van der Waals surface area contributed by atoms with E-state index in [4.69, 9.17) is 9.47 Å². The minimum Gasteiger partial charge on any atom is -0.494 e. The van der Waals surface area contributed by atoms with E-state index in [0.717, 1.165) is 31.4 Å². The molecule has 2 atom stereocenters. The van der Waals surface area contributed by atoms with E-state index in [9.17, 15) is 4.39 Å². The monoisotopic (exact) mass is 281 g/mol. The number of hydrogen-bond donors (Lipinski definition) is 1. The molecule has 1 heterocycles. The van der Waals surface area contributed by atoms with Crippen LogP contribution in [-0.4, -0.2) is 26.3 Å². The van der Waals surface area contributed by atoms with Gasteiger partial charge in [0, 0.05) is 12.6 Å². The van der Waals surface area contributed by atoms with Crippen molar-refractivity contribution in [3.63, 3.8) is 0 Å². The summed E-state index contributed by atoms with van der Waals surface area (Å²) in [6.07, 6.45) is 2.98. The van der Waals surface area contributed by atoms with E-state index >= 15 is 0 Å². The summed E-state index contributed by atoms with van der Waals surface area (Å²) in [7, 11) is 1.47. The van der Waals surface area contributed by atoms with Crippen molar-refractivity contribution in [3.05, 3.63) is 29.6 Å². The van der Waals surface area contributed by atoms with E-state index in [1.165, 1.54) is 13.2 Å². The van der Waals surface area contributed by atoms with Gasteiger partial charge in [-0.25, -0.2) is 4.39 Å². The third-order valence-corrected chi connectivity index (χ3v) is 3.97.